The lowest BCUT2D eigenvalue weighted by Gasteiger charge is -2.38. The number of benzene rings is 2. The zero-order chi connectivity index (χ0) is 19.4. The van der Waals surface area contributed by atoms with Crippen molar-refractivity contribution in [2.24, 2.45) is 0 Å². The molecule has 2 aromatic rings. The zero-order valence-corrected chi connectivity index (χ0v) is 16.1. The summed E-state index contributed by atoms with van der Waals surface area (Å²) < 4.78 is 25.8. The molecule has 2 fully saturated rings. The highest BCUT2D eigenvalue weighted by Crippen LogP contribution is 2.35. The second-order valence-corrected chi connectivity index (χ2v) is 7.84. The number of ether oxygens (including phenoxy) is 2. The van der Waals surface area contributed by atoms with E-state index in [4.69, 9.17) is 9.47 Å². The minimum absolute atomic E-state index is 0.193. The van der Waals surface area contributed by atoms with Gasteiger partial charge in [0.2, 0.25) is 0 Å². The summed E-state index contributed by atoms with van der Waals surface area (Å²) in [4.78, 5) is 2.30. The van der Waals surface area contributed by atoms with Crippen LogP contribution in [0.1, 0.15) is 36.8 Å². The summed E-state index contributed by atoms with van der Waals surface area (Å²) in [5, 5.41) is 11.0. The Hall–Kier alpha value is -1.95. The summed E-state index contributed by atoms with van der Waals surface area (Å²) in [6.45, 7) is 3.60. The molecule has 2 aliphatic heterocycles. The molecular formula is C23H28FNO3. The van der Waals surface area contributed by atoms with Crippen molar-refractivity contribution in [3.63, 3.8) is 0 Å². The second kappa shape index (κ2) is 8.60. The third-order valence-corrected chi connectivity index (χ3v) is 5.87. The highest BCUT2D eigenvalue weighted by atomic mass is 19.1. The van der Waals surface area contributed by atoms with Gasteiger partial charge in [-0.2, -0.15) is 0 Å². The summed E-state index contributed by atoms with van der Waals surface area (Å²) in [5.41, 5.74) is 0.462. The molecule has 0 bridgehead atoms. The quantitative estimate of drug-likeness (QED) is 0.820. The van der Waals surface area contributed by atoms with E-state index in [0.717, 1.165) is 37.3 Å². The Morgan fingerprint density at radius 2 is 1.86 bits per heavy atom. The van der Waals surface area contributed by atoms with Gasteiger partial charge in [-0.1, -0.05) is 36.4 Å². The normalized spacial score (nSPS) is 22.3. The Bertz CT molecular complexity index is 783. The molecule has 0 amide bonds. The first-order chi connectivity index (χ1) is 13.6. The minimum atomic E-state index is -1.09. The SMILES string of the molecule is OC1(c2ccccc2F)CCN(Cc2ccccc2OCC2CCCO2)CC1. The van der Waals surface area contributed by atoms with Crippen molar-refractivity contribution in [2.45, 2.75) is 43.9 Å². The molecule has 5 heteroatoms. The molecular weight excluding hydrogens is 357 g/mol. The highest BCUT2D eigenvalue weighted by Gasteiger charge is 2.36. The molecule has 28 heavy (non-hydrogen) atoms. The van der Waals surface area contributed by atoms with Gasteiger partial charge in [0.05, 0.1) is 11.7 Å². The Morgan fingerprint density at radius 3 is 2.61 bits per heavy atom. The number of aliphatic hydroxyl groups is 1. The number of hydrogen-bond acceptors (Lipinski definition) is 4. The molecule has 150 valence electrons. The van der Waals surface area contributed by atoms with Gasteiger partial charge in [-0.15, -0.1) is 0 Å². The topological polar surface area (TPSA) is 41.9 Å². The Labute approximate surface area is 165 Å². The maximum absolute atomic E-state index is 14.1. The fourth-order valence-electron chi connectivity index (χ4n) is 4.16. The van der Waals surface area contributed by atoms with Gasteiger partial charge in [-0.3, -0.25) is 4.90 Å². The number of likely N-dealkylation sites (tertiary alicyclic amines) is 1. The minimum Gasteiger partial charge on any atom is -0.491 e. The molecule has 2 saturated heterocycles. The van der Waals surface area contributed by atoms with Crippen LogP contribution in [-0.2, 0) is 16.9 Å². The standard InChI is InChI=1S/C23H28FNO3/c24-21-9-3-2-8-20(21)23(26)11-13-25(14-12-23)16-18-6-1-4-10-22(18)28-17-19-7-5-15-27-19/h1-4,6,8-10,19,26H,5,7,11-17H2. The van der Waals surface area contributed by atoms with Crippen molar-refractivity contribution in [3.8, 4) is 5.75 Å². The molecule has 0 aliphatic carbocycles. The maximum Gasteiger partial charge on any atom is 0.129 e. The largest absolute Gasteiger partial charge is 0.491 e. The molecule has 1 atom stereocenters. The fraction of sp³-hybridized carbons (Fsp3) is 0.478. The van der Waals surface area contributed by atoms with Crippen LogP contribution in [0.5, 0.6) is 5.75 Å². The van der Waals surface area contributed by atoms with E-state index in [9.17, 15) is 9.50 Å². The van der Waals surface area contributed by atoms with Gasteiger partial charge >= 0.3 is 0 Å². The summed E-state index contributed by atoms with van der Waals surface area (Å²) in [7, 11) is 0. The lowest BCUT2D eigenvalue weighted by molar-refractivity contribution is -0.0304. The van der Waals surface area contributed by atoms with Crippen molar-refractivity contribution in [2.75, 3.05) is 26.3 Å². The van der Waals surface area contributed by atoms with E-state index in [1.807, 2.05) is 18.2 Å². The van der Waals surface area contributed by atoms with Crippen LogP contribution < -0.4 is 4.74 Å². The van der Waals surface area contributed by atoms with Crippen LogP contribution in [0.25, 0.3) is 0 Å². The first-order valence-electron chi connectivity index (χ1n) is 10.2. The Balaban J connectivity index is 1.36. The second-order valence-electron chi connectivity index (χ2n) is 7.84. The number of para-hydroxylation sites is 1. The third kappa shape index (κ3) is 4.37. The van der Waals surface area contributed by atoms with E-state index >= 15 is 0 Å². The van der Waals surface area contributed by atoms with Crippen LogP contribution in [0.15, 0.2) is 48.5 Å². The van der Waals surface area contributed by atoms with E-state index in [1.165, 1.54) is 6.07 Å². The monoisotopic (exact) mass is 385 g/mol. The molecule has 2 heterocycles. The molecule has 4 nitrogen and oxygen atoms in total. The van der Waals surface area contributed by atoms with E-state index in [2.05, 4.69) is 11.0 Å². The molecule has 4 rings (SSSR count). The Kier molecular flexibility index (Phi) is 5.95. The number of halogens is 1. The van der Waals surface area contributed by atoms with Gasteiger partial charge < -0.3 is 14.6 Å². The summed E-state index contributed by atoms with van der Waals surface area (Å²) in [5.74, 6) is 0.569. The number of piperidine rings is 1. The van der Waals surface area contributed by atoms with Gasteiger partial charge in [0.15, 0.2) is 0 Å². The van der Waals surface area contributed by atoms with Crippen LogP contribution in [0.3, 0.4) is 0 Å². The molecule has 1 N–H and O–H groups in total. The lowest BCUT2D eigenvalue weighted by atomic mass is 9.84. The van der Waals surface area contributed by atoms with E-state index in [1.54, 1.807) is 18.2 Å². The predicted molar refractivity (Wildman–Crippen MR) is 106 cm³/mol. The first kappa shape index (κ1) is 19.4. The molecule has 2 aliphatic rings. The van der Waals surface area contributed by atoms with Crippen molar-refractivity contribution in [3.05, 3.63) is 65.5 Å². The number of hydrogen-bond donors (Lipinski definition) is 1. The molecule has 0 saturated carbocycles. The summed E-state index contributed by atoms with van der Waals surface area (Å²) in [6, 6.07) is 14.7. The van der Waals surface area contributed by atoms with Gasteiger partial charge in [0, 0.05) is 37.4 Å². The van der Waals surface area contributed by atoms with Crippen molar-refractivity contribution < 1.29 is 19.0 Å². The maximum atomic E-state index is 14.1. The average Bonchev–Trinajstić information content (AvgIpc) is 3.23. The van der Waals surface area contributed by atoms with Crippen molar-refractivity contribution >= 4 is 0 Å². The van der Waals surface area contributed by atoms with E-state index < -0.39 is 5.60 Å². The molecule has 0 radical (unpaired) electrons. The van der Waals surface area contributed by atoms with Crippen molar-refractivity contribution in [1.29, 1.82) is 0 Å². The van der Waals surface area contributed by atoms with Crippen LogP contribution >= 0.6 is 0 Å². The number of nitrogens with zero attached hydrogens (tertiary/aromatic N) is 1. The van der Waals surface area contributed by atoms with Crippen molar-refractivity contribution in [1.82, 2.24) is 4.90 Å². The fourth-order valence-corrected chi connectivity index (χ4v) is 4.16. The van der Waals surface area contributed by atoms with E-state index in [-0.39, 0.29) is 11.9 Å². The van der Waals surface area contributed by atoms with Crippen LogP contribution in [0.2, 0.25) is 0 Å². The average molecular weight is 385 g/mol. The van der Waals surface area contributed by atoms with E-state index in [0.29, 0.717) is 38.1 Å². The zero-order valence-electron chi connectivity index (χ0n) is 16.1. The van der Waals surface area contributed by atoms with Crippen LogP contribution in [0, 0.1) is 5.82 Å². The number of rotatable bonds is 6. The third-order valence-electron chi connectivity index (χ3n) is 5.87. The van der Waals surface area contributed by atoms with Gasteiger partial charge in [-0.25, -0.2) is 4.39 Å². The molecule has 0 aromatic heterocycles. The first-order valence-corrected chi connectivity index (χ1v) is 10.2. The van der Waals surface area contributed by atoms with Gasteiger partial charge in [0.25, 0.3) is 0 Å². The predicted octanol–water partition coefficient (Wildman–Crippen LogP) is 3.87. The summed E-state index contributed by atoms with van der Waals surface area (Å²) >= 11 is 0. The lowest BCUT2D eigenvalue weighted by Crippen LogP contribution is -2.42. The Morgan fingerprint density at radius 1 is 1.11 bits per heavy atom. The molecule has 0 spiro atoms. The van der Waals surface area contributed by atoms with Gasteiger partial charge in [0.1, 0.15) is 18.2 Å². The van der Waals surface area contributed by atoms with Crippen LogP contribution in [0.4, 0.5) is 4.39 Å². The highest BCUT2D eigenvalue weighted by molar-refractivity contribution is 5.33. The molecule has 2 aromatic carbocycles. The molecule has 1 unspecified atom stereocenters. The van der Waals surface area contributed by atoms with Gasteiger partial charge in [-0.05, 0) is 37.8 Å². The van der Waals surface area contributed by atoms with Crippen LogP contribution in [-0.4, -0.2) is 42.4 Å². The smallest absolute Gasteiger partial charge is 0.129 e. The summed E-state index contributed by atoms with van der Waals surface area (Å²) in [6.07, 6.45) is 3.40.